The van der Waals surface area contributed by atoms with E-state index in [9.17, 15) is 0 Å². The minimum absolute atomic E-state index is 0.393. The summed E-state index contributed by atoms with van der Waals surface area (Å²) in [5.41, 5.74) is 2.28. The molecule has 3 rings (SSSR count). The molecular formula is C13H16N4S. The number of nitrogens with one attached hydrogen (secondary N) is 1. The molecule has 0 saturated heterocycles. The topological polar surface area (TPSA) is 50.7 Å². The third-order valence-corrected chi connectivity index (χ3v) is 4.40. The monoisotopic (exact) mass is 260 g/mol. The molecule has 1 N–H and O–H groups in total. The lowest BCUT2D eigenvalue weighted by atomic mass is 9.98. The smallest absolute Gasteiger partial charge is 0.188 e. The number of aryl methyl sites for hydroxylation is 2. The van der Waals surface area contributed by atoms with Gasteiger partial charge in [-0.3, -0.25) is 0 Å². The van der Waals surface area contributed by atoms with Crippen LogP contribution >= 0.6 is 11.3 Å². The summed E-state index contributed by atoms with van der Waals surface area (Å²) in [6.45, 7) is 1.99. The van der Waals surface area contributed by atoms with Crippen molar-refractivity contribution in [3.63, 3.8) is 0 Å². The van der Waals surface area contributed by atoms with Gasteiger partial charge in [0.15, 0.2) is 10.8 Å². The van der Waals surface area contributed by atoms with E-state index in [-0.39, 0.29) is 0 Å². The molecule has 0 radical (unpaired) electrons. The first-order valence-corrected chi connectivity index (χ1v) is 7.05. The van der Waals surface area contributed by atoms with Crippen molar-refractivity contribution in [3.05, 3.63) is 28.5 Å². The molecule has 18 heavy (non-hydrogen) atoms. The van der Waals surface area contributed by atoms with Crippen molar-refractivity contribution in [3.8, 4) is 10.8 Å². The van der Waals surface area contributed by atoms with Gasteiger partial charge >= 0.3 is 0 Å². The maximum absolute atomic E-state index is 4.73. The van der Waals surface area contributed by atoms with Crippen molar-refractivity contribution < 1.29 is 0 Å². The van der Waals surface area contributed by atoms with Crippen LogP contribution in [0.5, 0.6) is 0 Å². The Hall–Kier alpha value is -1.33. The molecule has 2 aromatic rings. The summed E-state index contributed by atoms with van der Waals surface area (Å²) >= 11 is 1.74. The van der Waals surface area contributed by atoms with E-state index in [1.165, 1.54) is 23.4 Å². The van der Waals surface area contributed by atoms with Crippen molar-refractivity contribution in [2.24, 2.45) is 0 Å². The SMILES string of the molecule is CNC1CCCc2sc(-c3ncc(C)cn3)nc21. The van der Waals surface area contributed by atoms with Crippen LogP contribution in [0.2, 0.25) is 0 Å². The second-order valence-corrected chi connectivity index (χ2v) is 5.73. The fourth-order valence-corrected chi connectivity index (χ4v) is 3.41. The molecule has 0 bridgehead atoms. The van der Waals surface area contributed by atoms with Crippen LogP contribution < -0.4 is 5.32 Å². The summed E-state index contributed by atoms with van der Waals surface area (Å²) in [6.07, 6.45) is 7.23. The molecule has 1 aliphatic rings. The van der Waals surface area contributed by atoms with Gasteiger partial charge in [0.05, 0.1) is 11.7 Å². The van der Waals surface area contributed by atoms with Crippen molar-refractivity contribution in [1.82, 2.24) is 20.3 Å². The molecule has 0 saturated carbocycles. The zero-order valence-corrected chi connectivity index (χ0v) is 11.4. The minimum atomic E-state index is 0.393. The second kappa shape index (κ2) is 4.74. The maximum atomic E-state index is 4.73. The predicted octanol–water partition coefficient (Wildman–Crippen LogP) is 2.51. The molecule has 0 amide bonds. The van der Waals surface area contributed by atoms with Gasteiger partial charge in [-0.05, 0) is 38.8 Å². The van der Waals surface area contributed by atoms with Gasteiger partial charge in [-0.25, -0.2) is 15.0 Å². The van der Waals surface area contributed by atoms with Crippen molar-refractivity contribution in [2.75, 3.05) is 7.05 Å². The van der Waals surface area contributed by atoms with Crippen LogP contribution in [0.25, 0.3) is 10.8 Å². The van der Waals surface area contributed by atoms with E-state index in [1.807, 2.05) is 26.4 Å². The summed E-state index contributed by atoms with van der Waals surface area (Å²) in [5.74, 6) is 0.745. The largest absolute Gasteiger partial charge is 0.312 e. The van der Waals surface area contributed by atoms with Crippen LogP contribution in [0.1, 0.15) is 35.0 Å². The first kappa shape index (κ1) is 11.7. The number of hydrogen-bond acceptors (Lipinski definition) is 5. The number of fused-ring (bicyclic) bond motifs is 1. The average molecular weight is 260 g/mol. The van der Waals surface area contributed by atoms with Crippen LogP contribution in [-0.2, 0) is 6.42 Å². The standard InChI is InChI=1S/C13H16N4S/c1-8-6-15-12(16-7-8)13-17-11-9(14-2)4-3-5-10(11)18-13/h6-7,9,14H,3-5H2,1-2H3. The molecule has 1 atom stereocenters. The van der Waals surface area contributed by atoms with Gasteiger partial charge in [0.1, 0.15) is 0 Å². The number of nitrogens with zero attached hydrogens (tertiary/aromatic N) is 3. The quantitative estimate of drug-likeness (QED) is 0.901. The number of rotatable bonds is 2. The second-order valence-electron chi connectivity index (χ2n) is 4.64. The minimum Gasteiger partial charge on any atom is -0.312 e. The predicted molar refractivity (Wildman–Crippen MR) is 72.6 cm³/mol. The molecule has 0 aromatic carbocycles. The molecule has 4 nitrogen and oxygen atoms in total. The number of hydrogen-bond donors (Lipinski definition) is 1. The summed E-state index contributed by atoms with van der Waals surface area (Å²) in [4.78, 5) is 14.8. The van der Waals surface area contributed by atoms with Crippen LogP contribution in [0.4, 0.5) is 0 Å². The van der Waals surface area contributed by atoms with E-state index in [0.29, 0.717) is 6.04 Å². The van der Waals surface area contributed by atoms with Gasteiger partial charge < -0.3 is 5.32 Å². The van der Waals surface area contributed by atoms with Gasteiger partial charge in [0.2, 0.25) is 0 Å². The summed E-state index contributed by atoms with van der Waals surface area (Å²) in [6, 6.07) is 0.393. The molecule has 2 heterocycles. The molecule has 2 aromatic heterocycles. The third kappa shape index (κ3) is 2.04. The van der Waals surface area contributed by atoms with Crippen molar-refractivity contribution in [2.45, 2.75) is 32.2 Å². The first-order chi connectivity index (χ1) is 8.78. The number of aromatic nitrogens is 3. The van der Waals surface area contributed by atoms with Crippen LogP contribution in [-0.4, -0.2) is 22.0 Å². The van der Waals surface area contributed by atoms with E-state index in [2.05, 4.69) is 15.3 Å². The van der Waals surface area contributed by atoms with Gasteiger partial charge in [-0.15, -0.1) is 11.3 Å². The highest BCUT2D eigenvalue weighted by Crippen LogP contribution is 2.35. The Morgan fingerprint density at radius 2 is 2.11 bits per heavy atom. The van der Waals surface area contributed by atoms with E-state index < -0.39 is 0 Å². The molecule has 94 valence electrons. The van der Waals surface area contributed by atoms with Gasteiger partial charge in [0, 0.05) is 17.3 Å². The lowest BCUT2D eigenvalue weighted by Gasteiger charge is -2.19. The lowest BCUT2D eigenvalue weighted by Crippen LogP contribution is -2.21. The zero-order chi connectivity index (χ0) is 12.5. The Balaban J connectivity index is 1.99. The van der Waals surface area contributed by atoms with Crippen LogP contribution in [0.3, 0.4) is 0 Å². The van der Waals surface area contributed by atoms with E-state index in [0.717, 1.165) is 22.8 Å². The van der Waals surface area contributed by atoms with Crippen molar-refractivity contribution >= 4 is 11.3 Å². The Morgan fingerprint density at radius 1 is 1.33 bits per heavy atom. The molecule has 0 fully saturated rings. The molecule has 5 heteroatoms. The summed E-state index contributed by atoms with van der Waals surface area (Å²) < 4.78 is 0. The Kier molecular flexibility index (Phi) is 3.09. The fourth-order valence-electron chi connectivity index (χ4n) is 2.30. The first-order valence-electron chi connectivity index (χ1n) is 6.24. The third-order valence-electron chi connectivity index (χ3n) is 3.27. The number of thiazole rings is 1. The Bertz CT molecular complexity index is 547. The summed E-state index contributed by atoms with van der Waals surface area (Å²) in [7, 11) is 2.00. The highest BCUT2D eigenvalue weighted by molar-refractivity contribution is 7.15. The van der Waals surface area contributed by atoms with Crippen LogP contribution in [0.15, 0.2) is 12.4 Å². The van der Waals surface area contributed by atoms with Crippen molar-refractivity contribution in [1.29, 1.82) is 0 Å². The lowest BCUT2D eigenvalue weighted by molar-refractivity contribution is 0.490. The van der Waals surface area contributed by atoms with Gasteiger partial charge in [0.25, 0.3) is 0 Å². The van der Waals surface area contributed by atoms with Crippen LogP contribution in [0, 0.1) is 6.92 Å². The van der Waals surface area contributed by atoms with E-state index in [1.54, 1.807) is 11.3 Å². The van der Waals surface area contributed by atoms with Gasteiger partial charge in [-0.1, -0.05) is 0 Å². The molecule has 1 unspecified atom stereocenters. The fraction of sp³-hybridized carbons (Fsp3) is 0.462. The average Bonchev–Trinajstić information content (AvgIpc) is 2.83. The van der Waals surface area contributed by atoms with E-state index >= 15 is 0 Å². The Morgan fingerprint density at radius 3 is 2.83 bits per heavy atom. The van der Waals surface area contributed by atoms with E-state index in [4.69, 9.17) is 4.98 Å². The van der Waals surface area contributed by atoms with Gasteiger partial charge in [-0.2, -0.15) is 0 Å². The normalized spacial score (nSPS) is 18.7. The highest BCUT2D eigenvalue weighted by Gasteiger charge is 2.24. The zero-order valence-electron chi connectivity index (χ0n) is 10.6. The highest BCUT2D eigenvalue weighted by atomic mass is 32.1. The molecule has 0 aliphatic heterocycles. The maximum Gasteiger partial charge on any atom is 0.188 e. The molecule has 1 aliphatic carbocycles. The Labute approximate surface area is 111 Å². The molecular weight excluding hydrogens is 244 g/mol. The molecule has 0 spiro atoms. The summed E-state index contributed by atoms with van der Waals surface area (Å²) in [5, 5.41) is 4.28.